The number of hydrogen-bond acceptors (Lipinski definition) is 5. The van der Waals surface area contributed by atoms with Crippen LogP contribution in [0.3, 0.4) is 0 Å². The van der Waals surface area contributed by atoms with Gasteiger partial charge in [-0.05, 0) is 44.0 Å². The third-order valence-corrected chi connectivity index (χ3v) is 7.86. The minimum Gasteiger partial charge on any atom is -0.493 e. The second-order valence-electron chi connectivity index (χ2n) is 9.79. The molecule has 3 fully saturated rings. The van der Waals surface area contributed by atoms with Gasteiger partial charge in [0.1, 0.15) is 11.6 Å². The second kappa shape index (κ2) is 7.62. The Morgan fingerprint density at radius 1 is 1.06 bits per heavy atom. The van der Waals surface area contributed by atoms with Crippen molar-refractivity contribution in [3.63, 3.8) is 0 Å². The van der Waals surface area contributed by atoms with Crippen molar-refractivity contribution in [2.24, 2.45) is 11.8 Å². The van der Waals surface area contributed by atoms with Crippen molar-refractivity contribution in [3.8, 4) is 11.8 Å². The summed E-state index contributed by atoms with van der Waals surface area (Å²) in [6.45, 7) is 2.16. The van der Waals surface area contributed by atoms with Crippen LogP contribution in [0.1, 0.15) is 31.7 Å². The van der Waals surface area contributed by atoms with Crippen molar-refractivity contribution >= 4 is 28.3 Å². The fourth-order valence-electron chi connectivity index (χ4n) is 6.32. The molecular weight excluding hydrogens is 447 g/mol. The molecule has 0 radical (unpaired) electrons. The van der Waals surface area contributed by atoms with Gasteiger partial charge in [0.05, 0.1) is 47.0 Å². The van der Waals surface area contributed by atoms with Crippen molar-refractivity contribution in [3.05, 3.63) is 72.0 Å². The van der Waals surface area contributed by atoms with Crippen LogP contribution in [0.5, 0.6) is 5.75 Å². The number of hydrogen-bond donors (Lipinski definition) is 0. The van der Waals surface area contributed by atoms with E-state index in [0.717, 1.165) is 0 Å². The summed E-state index contributed by atoms with van der Waals surface area (Å²) in [5, 5.41) is 10.9. The highest BCUT2D eigenvalue weighted by atomic mass is 19.1. The van der Waals surface area contributed by atoms with Gasteiger partial charge in [-0.2, -0.15) is 5.26 Å². The van der Waals surface area contributed by atoms with Crippen LogP contribution in [0.25, 0.3) is 10.8 Å². The lowest BCUT2D eigenvalue weighted by molar-refractivity contribution is -0.131. The number of nitriles is 1. The molecule has 7 heteroatoms. The van der Waals surface area contributed by atoms with Gasteiger partial charge in [0.2, 0.25) is 11.8 Å². The number of fused-ring (bicyclic) bond motifs is 6. The largest absolute Gasteiger partial charge is 0.493 e. The molecule has 0 aliphatic carbocycles. The Balaban J connectivity index is 1.34. The number of carbonyl (C=O) groups excluding carboxylic acids is 2. The summed E-state index contributed by atoms with van der Waals surface area (Å²) in [5.41, 5.74) is -0.549. The molecule has 3 aromatic carbocycles. The highest BCUT2D eigenvalue weighted by molar-refractivity contribution is 6.26. The molecule has 35 heavy (non-hydrogen) atoms. The quantitative estimate of drug-likeness (QED) is 0.503. The van der Waals surface area contributed by atoms with E-state index in [9.17, 15) is 19.2 Å². The smallest absolute Gasteiger partial charge is 0.240 e. The summed E-state index contributed by atoms with van der Waals surface area (Å²) >= 11 is 0. The molecule has 6 rings (SSSR count). The molecule has 3 aliphatic rings. The molecule has 3 saturated heterocycles. The Bertz CT molecular complexity index is 1430. The van der Waals surface area contributed by atoms with Crippen molar-refractivity contribution in [1.82, 2.24) is 0 Å². The van der Waals surface area contributed by atoms with E-state index < -0.39 is 23.0 Å². The van der Waals surface area contributed by atoms with Crippen LogP contribution in [-0.2, 0) is 14.3 Å². The number of rotatable bonds is 5. The summed E-state index contributed by atoms with van der Waals surface area (Å²) in [6.07, 6.45) is 1.74. The van der Waals surface area contributed by atoms with Gasteiger partial charge in [0.15, 0.2) is 0 Å². The average molecular weight is 471 g/mol. The summed E-state index contributed by atoms with van der Waals surface area (Å²) in [6, 6.07) is 18.8. The van der Waals surface area contributed by atoms with Crippen molar-refractivity contribution in [1.29, 1.82) is 5.26 Å². The van der Waals surface area contributed by atoms with Crippen LogP contribution in [0.4, 0.5) is 10.1 Å². The fourth-order valence-corrected chi connectivity index (χ4v) is 6.32. The Labute approximate surface area is 201 Å². The predicted molar refractivity (Wildman–Crippen MR) is 126 cm³/mol. The number of anilines is 1. The standard InChI is InChI=1S/C28H23FN2O4/c1-27-11-12-28(35-27,13-14-34-19-6-4-5-18(29)15-19)24-23(27)25(32)31(26(24)33)22-10-9-17(16-30)20-7-2-3-8-21(20)22/h2-10,15,23-24H,11-14H2,1H3/t23-,24+,27?,28?/m0/s1. The van der Waals surface area contributed by atoms with Crippen LogP contribution in [-0.4, -0.2) is 29.6 Å². The first kappa shape index (κ1) is 21.8. The van der Waals surface area contributed by atoms with E-state index in [2.05, 4.69) is 6.07 Å². The summed E-state index contributed by atoms with van der Waals surface area (Å²) in [4.78, 5) is 28.9. The first-order valence-electron chi connectivity index (χ1n) is 11.8. The van der Waals surface area contributed by atoms with Crippen LogP contribution in [0.2, 0.25) is 0 Å². The summed E-state index contributed by atoms with van der Waals surface area (Å²) in [7, 11) is 0. The minimum absolute atomic E-state index is 0.240. The molecule has 2 bridgehead atoms. The SMILES string of the molecule is CC12CCC(CCOc3cccc(F)c3)(O1)[C@H]1C(=O)N(c3ccc(C#N)c4ccccc34)C(=O)[C@H]12. The molecule has 0 spiro atoms. The summed E-state index contributed by atoms with van der Waals surface area (Å²) < 4.78 is 25.7. The zero-order valence-corrected chi connectivity index (χ0v) is 19.2. The highest BCUT2D eigenvalue weighted by Gasteiger charge is 2.73. The fraction of sp³-hybridized carbons (Fsp3) is 0.321. The van der Waals surface area contributed by atoms with Gasteiger partial charge in [-0.15, -0.1) is 0 Å². The minimum atomic E-state index is -0.809. The van der Waals surface area contributed by atoms with E-state index in [-0.39, 0.29) is 24.2 Å². The molecule has 3 aliphatic heterocycles. The first-order chi connectivity index (χ1) is 16.9. The van der Waals surface area contributed by atoms with E-state index in [1.807, 2.05) is 31.2 Å². The van der Waals surface area contributed by atoms with E-state index in [0.29, 0.717) is 47.0 Å². The maximum atomic E-state index is 13.9. The molecule has 3 heterocycles. The number of benzene rings is 3. The lowest BCUT2D eigenvalue weighted by Crippen LogP contribution is -2.43. The number of carbonyl (C=O) groups is 2. The molecular formula is C28H23FN2O4. The van der Waals surface area contributed by atoms with Gasteiger partial charge in [0.25, 0.3) is 0 Å². The van der Waals surface area contributed by atoms with Gasteiger partial charge >= 0.3 is 0 Å². The third kappa shape index (κ3) is 3.10. The molecule has 0 N–H and O–H groups in total. The molecule has 176 valence electrons. The lowest BCUT2D eigenvalue weighted by Gasteiger charge is -2.31. The van der Waals surface area contributed by atoms with Crippen LogP contribution in [0, 0.1) is 29.0 Å². The molecule has 3 aromatic rings. The van der Waals surface area contributed by atoms with Gasteiger partial charge in [0, 0.05) is 23.3 Å². The number of halogens is 1. The normalized spacial score (nSPS) is 29.0. The second-order valence-corrected chi connectivity index (χ2v) is 9.79. The summed E-state index contributed by atoms with van der Waals surface area (Å²) in [5.74, 6) is -1.69. The van der Waals surface area contributed by atoms with Crippen molar-refractivity contribution < 1.29 is 23.5 Å². The zero-order chi connectivity index (χ0) is 24.4. The molecule has 0 aromatic heterocycles. The van der Waals surface area contributed by atoms with Gasteiger partial charge < -0.3 is 9.47 Å². The van der Waals surface area contributed by atoms with Crippen LogP contribution < -0.4 is 9.64 Å². The van der Waals surface area contributed by atoms with Crippen LogP contribution in [0.15, 0.2) is 60.7 Å². The molecule has 4 atom stereocenters. The van der Waals surface area contributed by atoms with Crippen molar-refractivity contribution in [2.75, 3.05) is 11.5 Å². The Hall–Kier alpha value is -3.76. The molecule has 0 saturated carbocycles. The monoisotopic (exact) mass is 470 g/mol. The lowest BCUT2D eigenvalue weighted by atomic mass is 9.67. The Morgan fingerprint density at radius 3 is 2.60 bits per heavy atom. The van der Waals surface area contributed by atoms with Gasteiger partial charge in [-0.1, -0.05) is 30.3 Å². The van der Waals surface area contributed by atoms with E-state index in [1.165, 1.54) is 17.0 Å². The molecule has 2 amide bonds. The Morgan fingerprint density at radius 2 is 1.83 bits per heavy atom. The van der Waals surface area contributed by atoms with Gasteiger partial charge in [-0.3, -0.25) is 9.59 Å². The van der Waals surface area contributed by atoms with Crippen molar-refractivity contribution in [2.45, 2.75) is 37.4 Å². The maximum absolute atomic E-state index is 13.9. The van der Waals surface area contributed by atoms with E-state index >= 15 is 0 Å². The zero-order valence-electron chi connectivity index (χ0n) is 19.2. The van der Waals surface area contributed by atoms with E-state index in [4.69, 9.17) is 9.47 Å². The van der Waals surface area contributed by atoms with Gasteiger partial charge in [-0.25, -0.2) is 9.29 Å². The topological polar surface area (TPSA) is 79.6 Å². The number of amides is 2. The van der Waals surface area contributed by atoms with Crippen LogP contribution >= 0.6 is 0 Å². The Kier molecular flexibility index (Phi) is 4.74. The number of nitrogens with zero attached hydrogens (tertiary/aromatic N) is 2. The van der Waals surface area contributed by atoms with E-state index in [1.54, 1.807) is 24.3 Å². The average Bonchev–Trinajstić information content (AvgIpc) is 3.43. The predicted octanol–water partition coefficient (Wildman–Crippen LogP) is 4.75. The number of ether oxygens (including phenoxy) is 2. The molecule has 2 unspecified atom stereocenters. The molecule has 6 nitrogen and oxygen atoms in total. The first-order valence-corrected chi connectivity index (χ1v) is 11.8. The third-order valence-electron chi connectivity index (χ3n) is 7.86. The maximum Gasteiger partial charge on any atom is 0.240 e. The number of imide groups is 1. The highest BCUT2D eigenvalue weighted by Crippen LogP contribution is 2.62.